The van der Waals surface area contributed by atoms with Crippen LogP contribution < -0.4 is 0 Å². The Morgan fingerprint density at radius 3 is 1.83 bits per heavy atom. The number of carbonyl (C=O) groups excluding carboxylic acids is 1. The first-order valence-electron chi connectivity index (χ1n) is 9.69. The van der Waals surface area contributed by atoms with Gasteiger partial charge < -0.3 is 9.84 Å². The summed E-state index contributed by atoms with van der Waals surface area (Å²) in [5.74, 6) is -1.51. The summed E-state index contributed by atoms with van der Waals surface area (Å²) in [6, 6.07) is 0. The van der Waals surface area contributed by atoms with Crippen LogP contribution >= 0.6 is 0 Å². The molecule has 0 unspecified atom stereocenters. The molecule has 0 amide bonds. The number of hydrogen-bond acceptors (Lipinski definition) is 3. The van der Waals surface area contributed by atoms with Crippen molar-refractivity contribution in [3.63, 3.8) is 0 Å². The molecule has 0 aromatic heterocycles. The van der Waals surface area contributed by atoms with Crippen LogP contribution in [0.1, 0.15) is 96.8 Å². The van der Waals surface area contributed by atoms with Crippen LogP contribution in [-0.4, -0.2) is 23.7 Å². The number of ether oxygens (including phenoxy) is 1. The molecule has 0 saturated heterocycles. The Labute approximate surface area is 147 Å². The topological polar surface area (TPSA) is 63.6 Å². The van der Waals surface area contributed by atoms with Crippen molar-refractivity contribution in [3.8, 4) is 0 Å². The summed E-state index contributed by atoms with van der Waals surface area (Å²) in [6.07, 6.45) is 20.7. The van der Waals surface area contributed by atoms with Crippen LogP contribution in [0.15, 0.2) is 12.2 Å². The lowest BCUT2D eigenvalue weighted by molar-refractivity contribution is -0.155. The van der Waals surface area contributed by atoms with E-state index >= 15 is 0 Å². The van der Waals surface area contributed by atoms with E-state index in [9.17, 15) is 9.59 Å². The second-order valence-corrected chi connectivity index (χ2v) is 6.39. The summed E-state index contributed by atoms with van der Waals surface area (Å²) in [5, 5.41) is 8.38. The average Bonchev–Trinajstić information content (AvgIpc) is 2.56. The van der Waals surface area contributed by atoms with Gasteiger partial charge in [0.2, 0.25) is 0 Å². The van der Waals surface area contributed by atoms with E-state index in [1.165, 1.54) is 57.8 Å². The van der Waals surface area contributed by atoms with Gasteiger partial charge in [-0.1, -0.05) is 70.4 Å². The summed E-state index contributed by atoms with van der Waals surface area (Å²) in [7, 11) is 0. The normalized spacial score (nSPS) is 11.0. The summed E-state index contributed by atoms with van der Waals surface area (Å²) in [4.78, 5) is 21.4. The molecule has 1 N–H and O–H groups in total. The van der Waals surface area contributed by atoms with Gasteiger partial charge in [0.15, 0.2) is 6.61 Å². The molecule has 0 rings (SSSR count). The SMILES string of the molecule is CCCCCCCC/C=C\CCCCCCCC(=O)OCC(=O)O. The van der Waals surface area contributed by atoms with Crippen LogP contribution in [0.5, 0.6) is 0 Å². The first kappa shape index (κ1) is 22.7. The summed E-state index contributed by atoms with van der Waals surface area (Å²) < 4.78 is 4.57. The van der Waals surface area contributed by atoms with Gasteiger partial charge in [-0.15, -0.1) is 0 Å². The highest BCUT2D eigenvalue weighted by Gasteiger charge is 2.05. The zero-order valence-electron chi connectivity index (χ0n) is 15.4. The van der Waals surface area contributed by atoms with Crippen molar-refractivity contribution in [1.29, 1.82) is 0 Å². The fraction of sp³-hybridized carbons (Fsp3) is 0.800. The lowest BCUT2D eigenvalue weighted by Crippen LogP contribution is -2.12. The monoisotopic (exact) mass is 340 g/mol. The Morgan fingerprint density at radius 1 is 0.792 bits per heavy atom. The number of carboxylic acid groups (broad SMARTS) is 1. The minimum Gasteiger partial charge on any atom is -0.479 e. The molecule has 0 atom stereocenters. The third-order valence-corrected chi connectivity index (χ3v) is 4.00. The average molecular weight is 341 g/mol. The lowest BCUT2D eigenvalue weighted by atomic mass is 10.1. The smallest absolute Gasteiger partial charge is 0.341 e. The number of allylic oxidation sites excluding steroid dienone is 2. The van der Waals surface area contributed by atoms with Crippen LogP contribution in [-0.2, 0) is 14.3 Å². The number of aliphatic carboxylic acids is 1. The molecule has 24 heavy (non-hydrogen) atoms. The van der Waals surface area contributed by atoms with Gasteiger partial charge in [0.25, 0.3) is 0 Å². The molecule has 0 saturated carbocycles. The molecule has 0 aliphatic rings. The number of esters is 1. The molecule has 4 nitrogen and oxygen atoms in total. The van der Waals surface area contributed by atoms with Crippen molar-refractivity contribution in [2.45, 2.75) is 96.8 Å². The van der Waals surface area contributed by atoms with Gasteiger partial charge in [-0.25, -0.2) is 4.79 Å². The molecule has 0 heterocycles. The number of carboxylic acids is 1. The van der Waals surface area contributed by atoms with Crippen molar-refractivity contribution in [2.75, 3.05) is 6.61 Å². The van der Waals surface area contributed by atoms with Gasteiger partial charge in [0.05, 0.1) is 0 Å². The van der Waals surface area contributed by atoms with E-state index in [0.717, 1.165) is 25.7 Å². The summed E-state index contributed by atoms with van der Waals surface area (Å²) in [6.45, 7) is 1.73. The van der Waals surface area contributed by atoms with Crippen molar-refractivity contribution in [3.05, 3.63) is 12.2 Å². The molecule has 0 aliphatic heterocycles. The largest absolute Gasteiger partial charge is 0.479 e. The highest BCUT2D eigenvalue weighted by molar-refractivity contribution is 5.75. The molecular weight excluding hydrogens is 304 g/mol. The van der Waals surface area contributed by atoms with Gasteiger partial charge in [-0.3, -0.25) is 4.79 Å². The molecule has 0 aromatic carbocycles. The highest BCUT2D eigenvalue weighted by atomic mass is 16.5. The molecule has 0 bridgehead atoms. The minimum absolute atomic E-state index is 0.325. The molecule has 0 aromatic rings. The molecule has 0 spiro atoms. The van der Waals surface area contributed by atoms with Crippen molar-refractivity contribution in [1.82, 2.24) is 0 Å². The van der Waals surface area contributed by atoms with E-state index in [4.69, 9.17) is 5.11 Å². The van der Waals surface area contributed by atoms with Crippen LogP contribution in [0.3, 0.4) is 0 Å². The first-order chi connectivity index (χ1) is 11.7. The standard InChI is InChI=1S/C20H36O4/c1-2-3-4-5-6-7-8-9-10-11-12-13-14-15-16-17-20(23)24-18-19(21)22/h9-10H,2-8,11-18H2,1H3,(H,21,22)/b10-9-. The number of hydrogen-bond donors (Lipinski definition) is 1. The maximum atomic E-state index is 11.2. The van der Waals surface area contributed by atoms with Gasteiger partial charge >= 0.3 is 11.9 Å². The van der Waals surface area contributed by atoms with Gasteiger partial charge in [-0.2, -0.15) is 0 Å². The first-order valence-corrected chi connectivity index (χ1v) is 9.69. The highest BCUT2D eigenvalue weighted by Crippen LogP contribution is 2.10. The quantitative estimate of drug-likeness (QED) is 0.211. The summed E-state index contributed by atoms with van der Waals surface area (Å²) in [5.41, 5.74) is 0. The predicted molar refractivity (Wildman–Crippen MR) is 98.0 cm³/mol. The second-order valence-electron chi connectivity index (χ2n) is 6.39. The van der Waals surface area contributed by atoms with E-state index in [1.54, 1.807) is 0 Å². The van der Waals surface area contributed by atoms with E-state index in [-0.39, 0.29) is 0 Å². The Hall–Kier alpha value is -1.32. The minimum atomic E-state index is -1.10. The van der Waals surface area contributed by atoms with Crippen molar-refractivity contribution in [2.24, 2.45) is 0 Å². The van der Waals surface area contributed by atoms with Crippen LogP contribution in [0.25, 0.3) is 0 Å². The van der Waals surface area contributed by atoms with Gasteiger partial charge in [0.1, 0.15) is 0 Å². The molecular formula is C20H36O4. The third-order valence-electron chi connectivity index (χ3n) is 4.00. The maximum Gasteiger partial charge on any atom is 0.341 e. The second kappa shape index (κ2) is 18.0. The predicted octanol–water partition coefficient (Wildman–Crippen LogP) is 5.65. The van der Waals surface area contributed by atoms with Crippen molar-refractivity contribution < 1.29 is 19.4 Å². The number of unbranched alkanes of at least 4 members (excludes halogenated alkanes) is 11. The van der Waals surface area contributed by atoms with E-state index < -0.39 is 18.5 Å². The number of rotatable bonds is 17. The Morgan fingerprint density at radius 2 is 1.29 bits per heavy atom. The molecule has 0 radical (unpaired) electrons. The van der Waals surface area contributed by atoms with Crippen LogP contribution in [0, 0.1) is 0 Å². The third kappa shape index (κ3) is 18.7. The van der Waals surface area contributed by atoms with Crippen molar-refractivity contribution >= 4 is 11.9 Å². The fourth-order valence-corrected chi connectivity index (χ4v) is 2.55. The molecule has 0 fully saturated rings. The van der Waals surface area contributed by atoms with Crippen LogP contribution in [0.2, 0.25) is 0 Å². The van der Waals surface area contributed by atoms with E-state index in [2.05, 4.69) is 23.8 Å². The maximum absolute atomic E-state index is 11.2. The summed E-state index contributed by atoms with van der Waals surface area (Å²) >= 11 is 0. The molecule has 140 valence electrons. The van der Waals surface area contributed by atoms with E-state index in [0.29, 0.717) is 6.42 Å². The Balaban J connectivity index is 3.20. The Kier molecular flexibility index (Phi) is 17.0. The zero-order chi connectivity index (χ0) is 17.9. The number of carbonyl (C=O) groups is 2. The molecule has 0 aliphatic carbocycles. The van der Waals surface area contributed by atoms with Crippen LogP contribution in [0.4, 0.5) is 0 Å². The lowest BCUT2D eigenvalue weighted by Gasteiger charge is -2.02. The Bertz CT molecular complexity index is 337. The fourth-order valence-electron chi connectivity index (χ4n) is 2.55. The van der Waals surface area contributed by atoms with Gasteiger partial charge in [-0.05, 0) is 32.1 Å². The van der Waals surface area contributed by atoms with Gasteiger partial charge in [0, 0.05) is 6.42 Å². The molecule has 4 heteroatoms. The van der Waals surface area contributed by atoms with E-state index in [1.807, 2.05) is 0 Å². The zero-order valence-corrected chi connectivity index (χ0v) is 15.4.